The number of phenols is 1. The third-order valence-electron chi connectivity index (χ3n) is 7.47. The fraction of sp³-hybridized carbons (Fsp3) is 0.189. The van der Waals surface area contributed by atoms with E-state index in [2.05, 4.69) is 41.7 Å². The van der Waals surface area contributed by atoms with Gasteiger partial charge in [-0.25, -0.2) is 4.79 Å². The Balaban J connectivity index is 0.000000785. The van der Waals surface area contributed by atoms with Crippen LogP contribution in [0.2, 0.25) is 0 Å². The predicted octanol–water partition coefficient (Wildman–Crippen LogP) is 8.82. The number of anilines is 3. The summed E-state index contributed by atoms with van der Waals surface area (Å²) in [5.41, 5.74) is 2.72. The van der Waals surface area contributed by atoms with Crippen molar-refractivity contribution in [2.24, 2.45) is 0 Å². The van der Waals surface area contributed by atoms with E-state index < -0.39 is 29.8 Å². The molecule has 272 valence electrons. The zero-order chi connectivity index (χ0) is 38.4. The fourth-order valence-corrected chi connectivity index (χ4v) is 4.79. The van der Waals surface area contributed by atoms with Crippen molar-refractivity contribution in [1.82, 2.24) is 10.3 Å². The molecule has 0 spiro atoms. The number of aromatic hydroxyl groups is 1. The first kappa shape index (κ1) is 38.7. The molecule has 1 aromatic heterocycles. The SMILES string of the molecule is CC(C)(C)c1ccc(C(=O)Nc2cccc(Nc3c(C(=O)NCc4cccc(C(F)(F)F)c4)cnc4c(O)cccc34)c2)cc1.O=C(O)C(F)(F)F. The monoisotopic (exact) mass is 726 g/mol. The molecule has 0 aliphatic heterocycles. The molecular weight excluding hydrogens is 694 g/mol. The summed E-state index contributed by atoms with van der Waals surface area (Å²) >= 11 is 0. The Hall–Kier alpha value is -6.12. The van der Waals surface area contributed by atoms with Crippen molar-refractivity contribution in [2.75, 3.05) is 10.6 Å². The summed E-state index contributed by atoms with van der Waals surface area (Å²) < 4.78 is 71.2. The summed E-state index contributed by atoms with van der Waals surface area (Å²) in [6.45, 7) is 6.14. The predicted molar refractivity (Wildman–Crippen MR) is 183 cm³/mol. The Bertz CT molecular complexity index is 2090. The summed E-state index contributed by atoms with van der Waals surface area (Å²) in [5.74, 6) is -3.73. The summed E-state index contributed by atoms with van der Waals surface area (Å²) in [4.78, 5) is 39.5. The number of alkyl halides is 6. The van der Waals surface area contributed by atoms with Crippen molar-refractivity contribution in [3.63, 3.8) is 0 Å². The number of fused-ring (bicyclic) bond motifs is 1. The largest absolute Gasteiger partial charge is 0.506 e. The van der Waals surface area contributed by atoms with Gasteiger partial charge in [0.1, 0.15) is 11.3 Å². The van der Waals surface area contributed by atoms with Crippen molar-refractivity contribution in [3.8, 4) is 5.75 Å². The van der Waals surface area contributed by atoms with Crippen LogP contribution < -0.4 is 16.0 Å². The number of phenolic OH excluding ortho intramolecular Hbond substituents is 1. The number of benzene rings is 4. The highest BCUT2D eigenvalue weighted by atomic mass is 19.4. The van der Waals surface area contributed by atoms with Crippen LogP contribution >= 0.6 is 0 Å². The van der Waals surface area contributed by atoms with Crippen molar-refractivity contribution < 1.29 is 50.9 Å². The molecule has 9 nitrogen and oxygen atoms in total. The Labute approximate surface area is 293 Å². The number of nitrogens with one attached hydrogen (secondary N) is 3. The average molecular weight is 727 g/mol. The molecule has 0 aliphatic carbocycles. The van der Waals surface area contributed by atoms with Crippen LogP contribution in [0.4, 0.5) is 43.4 Å². The summed E-state index contributed by atoms with van der Waals surface area (Å²) in [7, 11) is 0. The number of halogens is 6. The Morgan fingerprint density at radius 3 is 1.98 bits per heavy atom. The minimum absolute atomic E-state index is 0.0448. The van der Waals surface area contributed by atoms with Crippen molar-refractivity contribution in [1.29, 1.82) is 0 Å². The second kappa shape index (κ2) is 15.4. The zero-order valence-electron chi connectivity index (χ0n) is 27.8. The molecule has 0 atom stereocenters. The van der Waals surface area contributed by atoms with Crippen LogP contribution in [0.5, 0.6) is 5.75 Å². The van der Waals surface area contributed by atoms with Crippen LogP contribution in [0, 0.1) is 0 Å². The van der Waals surface area contributed by atoms with Gasteiger partial charge >= 0.3 is 18.3 Å². The van der Waals surface area contributed by atoms with Crippen LogP contribution in [-0.2, 0) is 22.9 Å². The molecule has 0 saturated heterocycles. The van der Waals surface area contributed by atoms with Gasteiger partial charge in [0.2, 0.25) is 0 Å². The first-order valence-corrected chi connectivity index (χ1v) is 15.4. The van der Waals surface area contributed by atoms with Gasteiger partial charge < -0.3 is 26.2 Å². The highest BCUT2D eigenvalue weighted by molar-refractivity contribution is 6.09. The number of hydrogen-bond acceptors (Lipinski definition) is 6. The maximum absolute atomic E-state index is 13.4. The second-order valence-electron chi connectivity index (χ2n) is 12.4. The normalized spacial score (nSPS) is 11.6. The van der Waals surface area contributed by atoms with Crippen LogP contribution in [0.3, 0.4) is 0 Å². The van der Waals surface area contributed by atoms with Gasteiger partial charge in [-0.3, -0.25) is 14.6 Å². The standard InChI is InChI=1S/C35H31F3N4O3.C2HF3O2/c1-34(2,3)23-15-13-22(14-16-23)32(44)42-26-10-5-9-25(18-26)41-30-27-11-6-12-29(43)31(27)39-20-28(30)33(45)40-19-21-7-4-8-24(17-21)35(36,37)38;3-2(4,5)1(6)7/h4-18,20,43H,19H2,1-3H3,(H,39,41)(H,40,45)(H,42,44);(H,6,7). The lowest BCUT2D eigenvalue weighted by Gasteiger charge is -2.19. The molecule has 0 radical (unpaired) electrons. The van der Waals surface area contributed by atoms with Crippen molar-refractivity contribution in [2.45, 2.75) is 45.1 Å². The van der Waals surface area contributed by atoms with E-state index in [-0.39, 0.29) is 40.3 Å². The van der Waals surface area contributed by atoms with Gasteiger partial charge in [0.05, 0.1) is 16.8 Å². The van der Waals surface area contributed by atoms with Crippen molar-refractivity contribution in [3.05, 3.63) is 125 Å². The number of para-hydroxylation sites is 1. The number of amides is 2. The molecule has 5 aromatic rings. The van der Waals surface area contributed by atoms with Crippen molar-refractivity contribution >= 4 is 45.7 Å². The quantitative estimate of drug-likeness (QED) is 0.106. The lowest BCUT2D eigenvalue weighted by Crippen LogP contribution is -2.24. The lowest BCUT2D eigenvalue weighted by atomic mass is 9.87. The number of aliphatic carboxylic acids is 1. The molecule has 1 heterocycles. The molecule has 0 fully saturated rings. The number of pyridine rings is 1. The topological polar surface area (TPSA) is 141 Å². The first-order valence-electron chi connectivity index (χ1n) is 15.4. The molecule has 0 saturated carbocycles. The number of rotatable bonds is 7. The molecule has 4 aromatic carbocycles. The number of carbonyl (C=O) groups excluding carboxylic acids is 2. The number of nitrogens with zero attached hydrogens (tertiary/aromatic N) is 1. The average Bonchev–Trinajstić information content (AvgIpc) is 3.07. The van der Waals surface area contributed by atoms with Gasteiger partial charge in [-0.1, -0.05) is 63.2 Å². The third-order valence-corrected chi connectivity index (χ3v) is 7.47. The van der Waals surface area contributed by atoms with Gasteiger partial charge in [-0.2, -0.15) is 26.3 Å². The highest BCUT2D eigenvalue weighted by Gasteiger charge is 2.38. The van der Waals surface area contributed by atoms with Gasteiger partial charge in [-0.15, -0.1) is 0 Å². The van der Waals surface area contributed by atoms with Crippen LogP contribution in [0.25, 0.3) is 10.9 Å². The van der Waals surface area contributed by atoms with Crippen LogP contribution in [-0.4, -0.2) is 39.2 Å². The van der Waals surface area contributed by atoms with Gasteiger partial charge in [-0.05, 0) is 65.1 Å². The van der Waals surface area contributed by atoms with Gasteiger partial charge in [0.15, 0.2) is 0 Å². The number of carboxylic acids is 1. The lowest BCUT2D eigenvalue weighted by molar-refractivity contribution is -0.192. The van der Waals surface area contributed by atoms with E-state index >= 15 is 0 Å². The smallest absolute Gasteiger partial charge is 0.490 e. The van der Waals surface area contributed by atoms with E-state index in [9.17, 15) is 41.0 Å². The number of hydrogen-bond donors (Lipinski definition) is 5. The number of carbonyl (C=O) groups is 3. The maximum atomic E-state index is 13.4. The van der Waals surface area contributed by atoms with E-state index in [0.29, 0.717) is 28.0 Å². The first-order chi connectivity index (χ1) is 24.2. The van der Waals surface area contributed by atoms with E-state index in [4.69, 9.17) is 9.90 Å². The summed E-state index contributed by atoms with van der Waals surface area (Å²) in [5, 5.41) is 26.8. The molecule has 5 rings (SSSR count). The minimum atomic E-state index is -5.08. The number of carboxylic acid groups (broad SMARTS) is 1. The maximum Gasteiger partial charge on any atom is 0.490 e. The highest BCUT2D eigenvalue weighted by Crippen LogP contribution is 2.34. The Morgan fingerprint density at radius 1 is 0.750 bits per heavy atom. The van der Waals surface area contributed by atoms with E-state index in [1.807, 2.05) is 12.1 Å². The zero-order valence-corrected chi connectivity index (χ0v) is 27.8. The molecule has 0 aliphatic rings. The van der Waals surface area contributed by atoms with Gasteiger partial charge in [0.25, 0.3) is 11.8 Å². The molecule has 0 bridgehead atoms. The number of aromatic nitrogens is 1. The molecule has 2 amide bonds. The van der Waals surface area contributed by atoms with Crippen LogP contribution in [0.15, 0.2) is 97.2 Å². The Morgan fingerprint density at radius 2 is 1.37 bits per heavy atom. The minimum Gasteiger partial charge on any atom is -0.506 e. The van der Waals surface area contributed by atoms with Crippen LogP contribution in [0.1, 0.15) is 58.2 Å². The summed E-state index contributed by atoms with van der Waals surface area (Å²) in [6, 6.07) is 23.8. The molecular formula is C37H32F6N4O5. The molecule has 5 N–H and O–H groups in total. The second-order valence-corrected chi connectivity index (χ2v) is 12.4. The summed E-state index contributed by atoms with van der Waals surface area (Å²) in [6.07, 6.45) is -8.30. The molecule has 15 heteroatoms. The Kier molecular flexibility index (Phi) is 11.5. The van der Waals surface area contributed by atoms with E-state index in [1.165, 1.54) is 24.4 Å². The van der Waals surface area contributed by atoms with Gasteiger partial charge in [0, 0.05) is 35.1 Å². The fourth-order valence-electron chi connectivity index (χ4n) is 4.79. The molecule has 0 unspecified atom stereocenters. The van der Waals surface area contributed by atoms with E-state index in [0.717, 1.165) is 17.7 Å². The molecule has 52 heavy (non-hydrogen) atoms. The van der Waals surface area contributed by atoms with E-state index in [1.54, 1.807) is 48.5 Å². The third kappa shape index (κ3) is 9.99.